The predicted molar refractivity (Wildman–Crippen MR) is 127 cm³/mol. The van der Waals surface area contributed by atoms with Crippen LogP contribution in [0.25, 0.3) is 6.08 Å². The molecule has 1 aromatic heterocycles. The van der Waals surface area contributed by atoms with E-state index in [2.05, 4.69) is 4.99 Å². The van der Waals surface area contributed by atoms with E-state index in [0.29, 0.717) is 25.6 Å². The highest BCUT2D eigenvalue weighted by atomic mass is 35.5. The molecule has 0 amide bonds. The molecule has 5 nitrogen and oxygen atoms in total. The van der Waals surface area contributed by atoms with Gasteiger partial charge in [-0.2, -0.15) is 0 Å². The smallest absolute Gasteiger partial charge is 0.271 e. The lowest BCUT2D eigenvalue weighted by molar-refractivity contribution is -0.114. The molecule has 1 aliphatic heterocycles. The SMILES string of the molecule is CC(=O)C1=C(C)N=c2s/c(=C/c3ccc(Cl)cc3)c(=O)n2[C@H]1c1ccc(N(C)C)cc1. The first-order chi connectivity index (χ1) is 14.8. The van der Waals surface area contributed by atoms with Crippen LogP contribution in [-0.4, -0.2) is 24.4 Å². The fraction of sp³-hybridized carbons (Fsp3) is 0.208. The average molecular weight is 452 g/mol. The Kier molecular flexibility index (Phi) is 5.69. The van der Waals surface area contributed by atoms with Gasteiger partial charge in [0.1, 0.15) is 0 Å². The van der Waals surface area contributed by atoms with E-state index in [9.17, 15) is 9.59 Å². The van der Waals surface area contributed by atoms with Crippen molar-refractivity contribution < 1.29 is 4.79 Å². The maximum Gasteiger partial charge on any atom is 0.271 e. The van der Waals surface area contributed by atoms with Crippen LogP contribution < -0.4 is 19.8 Å². The van der Waals surface area contributed by atoms with Gasteiger partial charge in [0.05, 0.1) is 10.6 Å². The van der Waals surface area contributed by atoms with Crippen molar-refractivity contribution in [3.63, 3.8) is 0 Å². The standard InChI is InChI=1S/C24H22ClN3O2S/c1-14-21(15(2)29)22(17-7-11-19(12-8-17)27(3)4)28-23(30)20(31-24(28)26-14)13-16-5-9-18(25)10-6-16/h5-13,22H,1-4H3/b20-13+/t22-/m0/s1. The van der Waals surface area contributed by atoms with Crippen LogP contribution in [0.1, 0.15) is 31.0 Å². The number of thiazole rings is 1. The first-order valence-electron chi connectivity index (χ1n) is 9.82. The zero-order valence-corrected chi connectivity index (χ0v) is 19.3. The van der Waals surface area contributed by atoms with Gasteiger partial charge in [-0.15, -0.1) is 0 Å². The largest absolute Gasteiger partial charge is 0.378 e. The fourth-order valence-electron chi connectivity index (χ4n) is 3.75. The third-order valence-corrected chi connectivity index (χ3v) is 6.53. The Balaban J connectivity index is 1.93. The van der Waals surface area contributed by atoms with E-state index in [4.69, 9.17) is 11.6 Å². The lowest BCUT2D eigenvalue weighted by atomic mass is 9.93. The molecule has 0 saturated heterocycles. The van der Waals surface area contributed by atoms with Gasteiger partial charge < -0.3 is 4.90 Å². The molecule has 0 radical (unpaired) electrons. The number of rotatable bonds is 4. The maximum absolute atomic E-state index is 13.4. The van der Waals surface area contributed by atoms with Crippen LogP contribution in [0.4, 0.5) is 5.69 Å². The molecule has 0 N–H and O–H groups in total. The van der Waals surface area contributed by atoms with Crippen molar-refractivity contribution >= 4 is 40.5 Å². The van der Waals surface area contributed by atoms with Crippen LogP contribution in [-0.2, 0) is 4.79 Å². The van der Waals surface area contributed by atoms with Crippen molar-refractivity contribution in [1.29, 1.82) is 0 Å². The van der Waals surface area contributed by atoms with Gasteiger partial charge in [-0.3, -0.25) is 14.2 Å². The lowest BCUT2D eigenvalue weighted by Gasteiger charge is -2.25. The summed E-state index contributed by atoms with van der Waals surface area (Å²) >= 11 is 7.30. The summed E-state index contributed by atoms with van der Waals surface area (Å²) in [5.74, 6) is -0.0880. The second-order valence-corrected chi connectivity index (χ2v) is 9.12. The Labute approximate surface area is 189 Å². The zero-order valence-electron chi connectivity index (χ0n) is 17.7. The van der Waals surface area contributed by atoms with Gasteiger partial charge in [0, 0.05) is 36.1 Å². The van der Waals surface area contributed by atoms with E-state index in [1.807, 2.05) is 68.4 Å². The van der Waals surface area contributed by atoms with Crippen LogP contribution in [0.5, 0.6) is 0 Å². The van der Waals surface area contributed by atoms with E-state index in [-0.39, 0.29) is 11.3 Å². The van der Waals surface area contributed by atoms with Gasteiger partial charge in [0.25, 0.3) is 5.56 Å². The van der Waals surface area contributed by atoms with Crippen LogP contribution in [0.15, 0.2) is 69.6 Å². The highest BCUT2D eigenvalue weighted by molar-refractivity contribution is 7.07. The number of halogens is 1. The number of carbonyl (C=O) groups is 1. The average Bonchev–Trinajstić information content (AvgIpc) is 3.03. The van der Waals surface area contributed by atoms with Crippen molar-refractivity contribution in [1.82, 2.24) is 4.57 Å². The van der Waals surface area contributed by atoms with Gasteiger partial charge in [0.2, 0.25) is 0 Å². The quantitative estimate of drug-likeness (QED) is 0.609. The summed E-state index contributed by atoms with van der Waals surface area (Å²) in [6.07, 6.45) is 1.83. The van der Waals surface area contributed by atoms with Gasteiger partial charge in [-0.25, -0.2) is 4.99 Å². The third kappa shape index (κ3) is 4.01. The van der Waals surface area contributed by atoms with Gasteiger partial charge >= 0.3 is 0 Å². The number of fused-ring (bicyclic) bond motifs is 1. The van der Waals surface area contributed by atoms with Crippen LogP contribution >= 0.6 is 22.9 Å². The summed E-state index contributed by atoms with van der Waals surface area (Å²) in [6.45, 7) is 3.35. The number of nitrogens with zero attached hydrogens (tertiary/aromatic N) is 3. The second kappa shape index (κ2) is 8.29. The second-order valence-electron chi connectivity index (χ2n) is 7.68. The molecule has 1 atom stereocenters. The van der Waals surface area contributed by atoms with E-state index in [1.54, 1.807) is 16.7 Å². The molecule has 4 rings (SSSR count). The number of anilines is 1. The number of hydrogen-bond donors (Lipinski definition) is 0. The number of Topliss-reactive ketones (excluding diaryl/α,β-unsaturated/α-hetero) is 1. The Hall–Kier alpha value is -2.96. The van der Waals surface area contributed by atoms with Crippen molar-refractivity contribution in [3.8, 4) is 0 Å². The fourth-order valence-corrected chi connectivity index (χ4v) is 4.92. The molecule has 0 bridgehead atoms. The predicted octanol–water partition coefficient (Wildman–Crippen LogP) is 3.54. The third-order valence-electron chi connectivity index (χ3n) is 5.29. The molecule has 158 valence electrons. The van der Waals surface area contributed by atoms with E-state index in [0.717, 1.165) is 16.8 Å². The highest BCUT2D eigenvalue weighted by Gasteiger charge is 2.30. The number of hydrogen-bond acceptors (Lipinski definition) is 5. The summed E-state index contributed by atoms with van der Waals surface area (Å²) in [4.78, 5) is 33.2. The van der Waals surface area contributed by atoms with E-state index < -0.39 is 6.04 Å². The van der Waals surface area contributed by atoms with Crippen LogP contribution in [0.3, 0.4) is 0 Å². The lowest BCUT2D eigenvalue weighted by Crippen LogP contribution is -2.39. The number of allylic oxidation sites excluding steroid dienone is 2. The minimum absolute atomic E-state index is 0.0880. The molecule has 0 fully saturated rings. The summed E-state index contributed by atoms with van der Waals surface area (Å²) in [6, 6.07) is 14.7. The highest BCUT2D eigenvalue weighted by Crippen LogP contribution is 2.31. The van der Waals surface area contributed by atoms with Crippen molar-refractivity contribution in [3.05, 3.63) is 95.6 Å². The molecule has 1 aliphatic rings. The first kappa shape index (κ1) is 21.3. The van der Waals surface area contributed by atoms with Crippen molar-refractivity contribution in [2.75, 3.05) is 19.0 Å². The Morgan fingerprint density at radius 2 is 1.77 bits per heavy atom. The summed E-state index contributed by atoms with van der Waals surface area (Å²) in [5, 5.41) is 0.640. The molecule has 2 heterocycles. The summed E-state index contributed by atoms with van der Waals surface area (Å²) in [7, 11) is 3.94. The molecule has 0 unspecified atom stereocenters. The monoisotopic (exact) mass is 451 g/mol. The minimum atomic E-state index is -0.502. The summed E-state index contributed by atoms with van der Waals surface area (Å²) < 4.78 is 2.20. The molecule has 7 heteroatoms. The molecule has 0 spiro atoms. The molecular formula is C24H22ClN3O2S. The number of benzene rings is 2. The Bertz CT molecular complexity index is 1360. The maximum atomic E-state index is 13.4. The molecule has 3 aromatic rings. The van der Waals surface area contributed by atoms with Gasteiger partial charge in [-0.1, -0.05) is 47.2 Å². The van der Waals surface area contributed by atoms with E-state index >= 15 is 0 Å². The normalized spacial score (nSPS) is 16.2. The zero-order chi connectivity index (χ0) is 22.3. The van der Waals surface area contributed by atoms with Gasteiger partial charge in [-0.05, 0) is 55.3 Å². The Morgan fingerprint density at radius 3 is 2.35 bits per heavy atom. The van der Waals surface area contributed by atoms with Crippen molar-refractivity contribution in [2.45, 2.75) is 19.9 Å². The molecular weight excluding hydrogens is 430 g/mol. The molecule has 31 heavy (non-hydrogen) atoms. The van der Waals surface area contributed by atoms with Gasteiger partial charge in [0.15, 0.2) is 10.6 Å². The van der Waals surface area contributed by atoms with E-state index in [1.165, 1.54) is 18.3 Å². The number of carbonyl (C=O) groups excluding carboxylic acids is 1. The topological polar surface area (TPSA) is 54.7 Å². The molecule has 0 aliphatic carbocycles. The van der Waals surface area contributed by atoms with Crippen LogP contribution in [0, 0.1) is 0 Å². The molecule has 2 aromatic carbocycles. The summed E-state index contributed by atoms with van der Waals surface area (Å²) in [5.41, 5.74) is 3.83. The first-order valence-corrected chi connectivity index (χ1v) is 11.0. The van der Waals surface area contributed by atoms with Crippen molar-refractivity contribution in [2.24, 2.45) is 4.99 Å². The minimum Gasteiger partial charge on any atom is -0.378 e. The number of aromatic nitrogens is 1. The Morgan fingerprint density at radius 1 is 1.13 bits per heavy atom. The number of ketones is 1. The molecule has 0 saturated carbocycles. The van der Waals surface area contributed by atoms with Crippen LogP contribution in [0.2, 0.25) is 5.02 Å².